The van der Waals surface area contributed by atoms with E-state index in [0.29, 0.717) is 34.6 Å². The van der Waals surface area contributed by atoms with Crippen LogP contribution in [0.5, 0.6) is 0 Å². The van der Waals surface area contributed by atoms with E-state index >= 15 is 0 Å². The maximum atomic E-state index is 13.2. The third kappa shape index (κ3) is 4.57. The highest BCUT2D eigenvalue weighted by atomic mass is 35.5. The van der Waals surface area contributed by atoms with Gasteiger partial charge in [0.1, 0.15) is 11.5 Å². The van der Waals surface area contributed by atoms with Crippen molar-refractivity contribution in [2.75, 3.05) is 18.4 Å². The molecule has 0 aliphatic carbocycles. The molecule has 2 aromatic heterocycles. The third-order valence-corrected chi connectivity index (χ3v) is 5.35. The molecule has 0 radical (unpaired) electrons. The molecule has 1 aromatic carbocycles. The zero-order valence-electron chi connectivity index (χ0n) is 16.5. The number of nitrogens with one attached hydrogen (secondary N) is 1. The van der Waals surface area contributed by atoms with Gasteiger partial charge in [-0.05, 0) is 49.2 Å². The van der Waals surface area contributed by atoms with Crippen molar-refractivity contribution in [2.24, 2.45) is 0 Å². The van der Waals surface area contributed by atoms with Crippen LogP contribution in [-0.2, 0) is 4.79 Å². The summed E-state index contributed by atoms with van der Waals surface area (Å²) in [7, 11) is 0. The number of amides is 1. The maximum absolute atomic E-state index is 13.2. The van der Waals surface area contributed by atoms with Crippen LogP contribution in [0.1, 0.15) is 19.8 Å². The number of nitrogens with zero attached hydrogens (tertiary/aromatic N) is 4. The van der Waals surface area contributed by atoms with Crippen molar-refractivity contribution in [1.29, 1.82) is 0 Å². The number of rotatable bonds is 4. The molecule has 1 amide bonds. The Morgan fingerprint density at radius 3 is 2.70 bits per heavy atom. The number of likely N-dealkylation sites (tertiary alicyclic amines) is 1. The van der Waals surface area contributed by atoms with Gasteiger partial charge in [-0.2, -0.15) is 0 Å². The largest absolute Gasteiger partial charge is 0.350 e. The van der Waals surface area contributed by atoms with Crippen molar-refractivity contribution in [2.45, 2.75) is 25.8 Å². The fourth-order valence-corrected chi connectivity index (χ4v) is 3.72. The molecule has 154 valence electrons. The Hall–Kier alpha value is -3.06. The predicted octanol–water partition coefficient (Wildman–Crippen LogP) is 4.42. The van der Waals surface area contributed by atoms with Crippen molar-refractivity contribution in [1.82, 2.24) is 19.9 Å². The van der Waals surface area contributed by atoms with E-state index in [0.717, 1.165) is 24.9 Å². The molecule has 0 bridgehead atoms. The van der Waals surface area contributed by atoms with Crippen LogP contribution >= 0.6 is 11.6 Å². The minimum atomic E-state index is -0.296. The lowest BCUT2D eigenvalue weighted by atomic mass is 10.1. The van der Waals surface area contributed by atoms with Gasteiger partial charge in [0.15, 0.2) is 0 Å². The van der Waals surface area contributed by atoms with Crippen LogP contribution in [0, 0.1) is 5.82 Å². The smallest absolute Gasteiger partial charge is 0.223 e. The molecule has 1 fully saturated rings. The van der Waals surface area contributed by atoms with Crippen LogP contribution in [0.15, 0.2) is 48.7 Å². The normalized spacial score (nSPS) is 16.4. The molecule has 1 aliphatic heterocycles. The topological polar surface area (TPSA) is 71.0 Å². The molecule has 6 nitrogen and oxygen atoms in total. The first-order chi connectivity index (χ1) is 14.5. The average Bonchev–Trinajstić information content (AvgIpc) is 2.76. The molecule has 1 saturated heterocycles. The Kier molecular flexibility index (Phi) is 5.90. The zero-order valence-corrected chi connectivity index (χ0v) is 17.2. The molecule has 1 N–H and O–H groups in total. The minimum Gasteiger partial charge on any atom is -0.350 e. The second kappa shape index (κ2) is 8.75. The van der Waals surface area contributed by atoms with Gasteiger partial charge in [0.05, 0.1) is 22.6 Å². The van der Waals surface area contributed by atoms with E-state index in [9.17, 15) is 9.18 Å². The number of pyridine rings is 1. The maximum Gasteiger partial charge on any atom is 0.223 e. The lowest BCUT2D eigenvalue weighted by Crippen LogP contribution is -2.44. The van der Waals surface area contributed by atoms with Crippen LogP contribution < -0.4 is 5.32 Å². The second-order valence-corrected chi connectivity index (χ2v) is 7.66. The summed E-state index contributed by atoms with van der Waals surface area (Å²) >= 11 is 6.36. The molecule has 1 atom stereocenters. The van der Waals surface area contributed by atoms with Gasteiger partial charge in [-0.15, -0.1) is 0 Å². The number of halogens is 2. The monoisotopic (exact) mass is 425 g/mol. The van der Waals surface area contributed by atoms with Crippen LogP contribution in [-0.4, -0.2) is 44.9 Å². The number of piperidine rings is 1. The van der Waals surface area contributed by atoms with Gasteiger partial charge >= 0.3 is 0 Å². The van der Waals surface area contributed by atoms with Crippen molar-refractivity contribution in [3.63, 3.8) is 0 Å². The summed E-state index contributed by atoms with van der Waals surface area (Å²) in [5.41, 5.74) is 2.60. The molecule has 8 heteroatoms. The van der Waals surface area contributed by atoms with Crippen molar-refractivity contribution in [3.8, 4) is 22.6 Å². The quantitative estimate of drug-likeness (QED) is 0.670. The van der Waals surface area contributed by atoms with Crippen molar-refractivity contribution >= 4 is 23.5 Å². The van der Waals surface area contributed by atoms with Crippen LogP contribution in [0.25, 0.3) is 22.6 Å². The van der Waals surface area contributed by atoms with Gasteiger partial charge in [0.25, 0.3) is 0 Å². The van der Waals surface area contributed by atoms with E-state index in [2.05, 4.69) is 20.3 Å². The molecule has 0 saturated carbocycles. The number of hydrogen-bond donors (Lipinski definition) is 1. The number of benzene rings is 1. The standard InChI is InChI=1S/C22H21ClFN5O/c1-14(30)29-11-3-4-17(13-29)26-22-25-12-18(23)21(28-22)20-6-2-5-19(27-20)15-7-9-16(24)10-8-15/h2,5-10,12,17H,3-4,11,13H2,1H3,(H,25,26,28)/t17-/m0/s1. The van der Waals surface area contributed by atoms with Gasteiger partial charge in [-0.3, -0.25) is 4.79 Å². The molecule has 0 unspecified atom stereocenters. The highest BCUT2D eigenvalue weighted by molar-refractivity contribution is 6.32. The summed E-state index contributed by atoms with van der Waals surface area (Å²) in [6, 6.07) is 11.8. The zero-order chi connectivity index (χ0) is 21.1. The Morgan fingerprint density at radius 2 is 1.93 bits per heavy atom. The summed E-state index contributed by atoms with van der Waals surface area (Å²) in [4.78, 5) is 27.0. The number of hydrogen-bond acceptors (Lipinski definition) is 5. The number of carbonyl (C=O) groups excluding carboxylic acids is 1. The first kappa shape index (κ1) is 20.2. The number of carbonyl (C=O) groups is 1. The number of aromatic nitrogens is 3. The summed E-state index contributed by atoms with van der Waals surface area (Å²) in [5.74, 6) is 0.218. The Balaban J connectivity index is 1.58. The van der Waals surface area contributed by atoms with Crippen molar-refractivity contribution < 1.29 is 9.18 Å². The van der Waals surface area contributed by atoms with E-state index in [1.165, 1.54) is 12.1 Å². The molecule has 3 aromatic rings. The molecule has 4 rings (SSSR count). The van der Waals surface area contributed by atoms with Gasteiger partial charge in [0, 0.05) is 31.6 Å². The highest BCUT2D eigenvalue weighted by Gasteiger charge is 2.22. The summed E-state index contributed by atoms with van der Waals surface area (Å²) in [6.07, 6.45) is 3.41. The summed E-state index contributed by atoms with van der Waals surface area (Å²) < 4.78 is 13.2. The lowest BCUT2D eigenvalue weighted by molar-refractivity contribution is -0.129. The average molecular weight is 426 g/mol. The Morgan fingerprint density at radius 1 is 1.17 bits per heavy atom. The SMILES string of the molecule is CC(=O)N1CCC[C@H](Nc2ncc(Cl)c(-c3cccc(-c4ccc(F)cc4)n3)n2)C1. The third-order valence-electron chi connectivity index (χ3n) is 5.08. The number of anilines is 1. The van der Waals surface area contributed by atoms with Crippen LogP contribution in [0.3, 0.4) is 0 Å². The van der Waals surface area contributed by atoms with Gasteiger partial charge < -0.3 is 10.2 Å². The van der Waals surface area contributed by atoms with Gasteiger partial charge in [0.2, 0.25) is 11.9 Å². The van der Waals surface area contributed by atoms with E-state index in [-0.39, 0.29) is 17.8 Å². The fourth-order valence-electron chi connectivity index (χ4n) is 3.53. The first-order valence-electron chi connectivity index (χ1n) is 9.77. The molecule has 0 spiro atoms. The van der Waals surface area contributed by atoms with Gasteiger partial charge in [-0.1, -0.05) is 17.7 Å². The molecule has 3 heterocycles. The van der Waals surface area contributed by atoms with Crippen LogP contribution in [0.2, 0.25) is 5.02 Å². The van der Waals surface area contributed by atoms with E-state index in [1.807, 2.05) is 23.1 Å². The predicted molar refractivity (Wildman–Crippen MR) is 115 cm³/mol. The highest BCUT2D eigenvalue weighted by Crippen LogP contribution is 2.27. The Bertz CT molecular complexity index is 1060. The summed E-state index contributed by atoms with van der Waals surface area (Å²) in [6.45, 7) is 2.98. The second-order valence-electron chi connectivity index (χ2n) is 7.25. The summed E-state index contributed by atoms with van der Waals surface area (Å²) in [5, 5.41) is 3.70. The first-order valence-corrected chi connectivity index (χ1v) is 10.2. The molecule has 30 heavy (non-hydrogen) atoms. The lowest BCUT2D eigenvalue weighted by Gasteiger charge is -2.32. The fraction of sp³-hybridized carbons (Fsp3) is 0.273. The van der Waals surface area contributed by atoms with Crippen molar-refractivity contribution in [3.05, 3.63) is 59.5 Å². The van der Waals surface area contributed by atoms with E-state index in [1.54, 1.807) is 25.3 Å². The molecular formula is C22H21ClFN5O. The minimum absolute atomic E-state index is 0.0704. The van der Waals surface area contributed by atoms with Crippen LogP contribution in [0.4, 0.5) is 10.3 Å². The van der Waals surface area contributed by atoms with E-state index < -0.39 is 0 Å². The van der Waals surface area contributed by atoms with Gasteiger partial charge in [-0.25, -0.2) is 19.3 Å². The molecular weight excluding hydrogens is 405 g/mol. The van der Waals surface area contributed by atoms with E-state index in [4.69, 9.17) is 11.6 Å². The Labute approximate surface area is 179 Å². The molecule has 1 aliphatic rings.